The van der Waals surface area contributed by atoms with E-state index in [1.807, 2.05) is 4.31 Å². The van der Waals surface area contributed by atoms with E-state index in [0.717, 1.165) is 0 Å². The molecule has 1 amide bonds. The van der Waals surface area contributed by atoms with E-state index in [4.69, 9.17) is 4.74 Å². The summed E-state index contributed by atoms with van der Waals surface area (Å²) in [6.45, 7) is 9.31. The summed E-state index contributed by atoms with van der Waals surface area (Å²) in [7, 11) is 0. The van der Waals surface area contributed by atoms with Crippen molar-refractivity contribution in [2.24, 2.45) is 5.41 Å². The maximum absolute atomic E-state index is 13.4. The molecule has 162 valence electrons. The van der Waals surface area contributed by atoms with E-state index in [2.05, 4.69) is 4.98 Å². The van der Waals surface area contributed by atoms with Crippen molar-refractivity contribution in [2.75, 3.05) is 26.2 Å². The molecule has 2 saturated heterocycles. The van der Waals surface area contributed by atoms with Gasteiger partial charge in [-0.15, -0.1) is 0 Å². The number of aryl methyl sites for hydroxylation is 1. The zero-order chi connectivity index (χ0) is 21.8. The summed E-state index contributed by atoms with van der Waals surface area (Å²) in [5.74, 6) is -4.99. The summed E-state index contributed by atoms with van der Waals surface area (Å²) in [6, 6.07) is 1.95. The lowest BCUT2D eigenvalue weighted by atomic mass is 9.75. The maximum Gasteiger partial charge on any atom is 0.459 e. The Balaban J connectivity index is 1.53. The van der Waals surface area contributed by atoms with Crippen molar-refractivity contribution in [1.29, 1.82) is 0 Å². The van der Waals surface area contributed by atoms with Gasteiger partial charge in [0.05, 0.1) is 5.69 Å². The third kappa shape index (κ3) is 4.45. The molecule has 2 aliphatic rings. The standard InChI is InChI=1S/C18H22F5N3O2S/c1-11-12(5-6-13(24-11)17(19,20)18(21,22)23)29-26-9-16(10-26)7-25(8-16)14(27)28-15(2,3)4/h5-6H,7-10H2,1-4H3. The second-order valence-electron chi connectivity index (χ2n) is 8.58. The molecule has 29 heavy (non-hydrogen) atoms. The highest BCUT2D eigenvalue weighted by molar-refractivity contribution is 7.97. The number of halogens is 5. The number of rotatable bonds is 3. The molecule has 0 unspecified atom stereocenters. The molecule has 0 radical (unpaired) electrons. The van der Waals surface area contributed by atoms with Gasteiger partial charge in [-0.1, -0.05) is 0 Å². The van der Waals surface area contributed by atoms with E-state index in [-0.39, 0.29) is 17.2 Å². The van der Waals surface area contributed by atoms with Gasteiger partial charge in [0, 0.05) is 36.5 Å². The average Bonchev–Trinajstić information content (AvgIpc) is 2.46. The fourth-order valence-corrected chi connectivity index (χ4v) is 4.55. The third-order valence-electron chi connectivity index (χ3n) is 4.67. The lowest BCUT2D eigenvalue weighted by molar-refractivity contribution is -0.291. The van der Waals surface area contributed by atoms with Crippen LogP contribution in [0.25, 0.3) is 0 Å². The van der Waals surface area contributed by atoms with Crippen LogP contribution in [-0.4, -0.2) is 58.2 Å². The van der Waals surface area contributed by atoms with E-state index in [1.165, 1.54) is 24.9 Å². The molecule has 11 heteroatoms. The number of carbonyl (C=O) groups is 1. The molecule has 0 bridgehead atoms. The summed E-state index contributed by atoms with van der Waals surface area (Å²) in [5, 5.41) is 0. The van der Waals surface area contributed by atoms with Crippen LogP contribution in [0, 0.1) is 12.3 Å². The SMILES string of the molecule is Cc1nc(C(F)(F)C(F)(F)F)ccc1SN1CC2(C1)CN(C(=O)OC(C)(C)C)C2. The Morgan fingerprint density at radius 1 is 1.10 bits per heavy atom. The molecule has 0 atom stereocenters. The van der Waals surface area contributed by atoms with Crippen LogP contribution in [0.3, 0.4) is 0 Å². The number of nitrogens with zero attached hydrogens (tertiary/aromatic N) is 3. The highest BCUT2D eigenvalue weighted by atomic mass is 32.2. The third-order valence-corrected chi connectivity index (χ3v) is 5.81. The van der Waals surface area contributed by atoms with Crippen LogP contribution in [0.4, 0.5) is 26.7 Å². The molecule has 3 heterocycles. The fraction of sp³-hybridized carbons (Fsp3) is 0.667. The Labute approximate surface area is 169 Å². The van der Waals surface area contributed by atoms with Crippen molar-refractivity contribution in [2.45, 2.75) is 50.3 Å². The second-order valence-corrected chi connectivity index (χ2v) is 9.72. The molecule has 1 aromatic heterocycles. The number of alkyl halides is 5. The van der Waals surface area contributed by atoms with Gasteiger partial charge in [-0.25, -0.2) is 9.10 Å². The van der Waals surface area contributed by atoms with Crippen LogP contribution in [0.15, 0.2) is 17.0 Å². The molecule has 0 N–H and O–H groups in total. The molecule has 0 aromatic carbocycles. The number of aromatic nitrogens is 1. The van der Waals surface area contributed by atoms with Crippen molar-refractivity contribution in [3.05, 3.63) is 23.5 Å². The quantitative estimate of drug-likeness (QED) is 0.509. The normalized spacial score (nSPS) is 19.7. The molecular formula is C18H22F5N3O2S. The van der Waals surface area contributed by atoms with Crippen molar-refractivity contribution in [3.8, 4) is 0 Å². The topological polar surface area (TPSA) is 45.7 Å². The molecule has 2 aliphatic heterocycles. The van der Waals surface area contributed by atoms with E-state index in [9.17, 15) is 26.7 Å². The van der Waals surface area contributed by atoms with Gasteiger partial charge in [0.1, 0.15) is 11.3 Å². The molecule has 2 fully saturated rings. The van der Waals surface area contributed by atoms with Gasteiger partial charge in [-0.05, 0) is 51.8 Å². The summed E-state index contributed by atoms with van der Waals surface area (Å²) in [5.41, 5.74) is -1.77. The van der Waals surface area contributed by atoms with E-state index in [0.29, 0.717) is 37.1 Å². The zero-order valence-corrected chi connectivity index (χ0v) is 17.3. The van der Waals surface area contributed by atoms with Gasteiger partial charge in [0.15, 0.2) is 0 Å². The minimum absolute atomic E-state index is 0.0194. The minimum Gasteiger partial charge on any atom is -0.444 e. The molecule has 0 saturated carbocycles. The summed E-state index contributed by atoms with van der Waals surface area (Å²) in [6.07, 6.45) is -6.04. The largest absolute Gasteiger partial charge is 0.459 e. The van der Waals surface area contributed by atoms with Gasteiger partial charge in [0.2, 0.25) is 0 Å². The summed E-state index contributed by atoms with van der Waals surface area (Å²) < 4.78 is 71.6. The summed E-state index contributed by atoms with van der Waals surface area (Å²) in [4.78, 5) is 17.6. The Bertz CT molecular complexity index is 796. The predicted octanol–water partition coefficient (Wildman–Crippen LogP) is 4.60. The number of carbonyl (C=O) groups excluding carboxylic acids is 1. The van der Waals surface area contributed by atoms with E-state index < -0.39 is 23.4 Å². The Kier molecular flexibility index (Phi) is 5.30. The van der Waals surface area contributed by atoms with Crippen LogP contribution in [0.1, 0.15) is 32.2 Å². The molecule has 0 aliphatic carbocycles. The first-order valence-corrected chi connectivity index (χ1v) is 9.73. The number of hydrogen-bond acceptors (Lipinski definition) is 5. The first-order valence-electron chi connectivity index (χ1n) is 8.95. The fourth-order valence-electron chi connectivity index (χ4n) is 3.29. The Morgan fingerprint density at radius 3 is 2.17 bits per heavy atom. The minimum atomic E-state index is -5.69. The van der Waals surface area contributed by atoms with Crippen LogP contribution < -0.4 is 0 Å². The van der Waals surface area contributed by atoms with Crippen molar-refractivity contribution in [1.82, 2.24) is 14.2 Å². The van der Waals surface area contributed by atoms with Crippen molar-refractivity contribution >= 4 is 18.0 Å². The molecule has 3 rings (SSSR count). The van der Waals surface area contributed by atoms with Crippen LogP contribution >= 0.6 is 11.9 Å². The van der Waals surface area contributed by atoms with Crippen LogP contribution in [-0.2, 0) is 10.7 Å². The number of pyridine rings is 1. The van der Waals surface area contributed by atoms with Gasteiger partial charge in [-0.2, -0.15) is 22.0 Å². The highest BCUT2D eigenvalue weighted by Gasteiger charge is 2.60. The molecule has 5 nitrogen and oxygen atoms in total. The molecule has 1 spiro atoms. The Morgan fingerprint density at radius 2 is 1.69 bits per heavy atom. The van der Waals surface area contributed by atoms with Gasteiger partial charge < -0.3 is 9.64 Å². The zero-order valence-electron chi connectivity index (χ0n) is 16.4. The molecular weight excluding hydrogens is 417 g/mol. The van der Waals surface area contributed by atoms with Gasteiger partial charge in [0.25, 0.3) is 0 Å². The summed E-state index contributed by atoms with van der Waals surface area (Å²) >= 11 is 1.26. The van der Waals surface area contributed by atoms with E-state index in [1.54, 1.807) is 25.7 Å². The number of hydrogen-bond donors (Lipinski definition) is 0. The highest BCUT2D eigenvalue weighted by Crippen LogP contribution is 2.46. The van der Waals surface area contributed by atoms with E-state index >= 15 is 0 Å². The van der Waals surface area contributed by atoms with Crippen molar-refractivity contribution in [3.63, 3.8) is 0 Å². The monoisotopic (exact) mass is 439 g/mol. The first-order chi connectivity index (χ1) is 13.1. The van der Waals surface area contributed by atoms with Crippen LogP contribution in [0.5, 0.6) is 0 Å². The lowest BCUT2D eigenvalue weighted by Crippen LogP contribution is -2.71. The van der Waals surface area contributed by atoms with Gasteiger partial charge >= 0.3 is 18.2 Å². The maximum atomic E-state index is 13.4. The Hall–Kier alpha value is -1.62. The number of likely N-dealkylation sites (tertiary alicyclic amines) is 1. The van der Waals surface area contributed by atoms with Gasteiger partial charge in [-0.3, -0.25) is 4.98 Å². The van der Waals surface area contributed by atoms with Crippen molar-refractivity contribution < 1.29 is 31.5 Å². The second kappa shape index (κ2) is 6.97. The smallest absolute Gasteiger partial charge is 0.444 e. The number of amides is 1. The number of ether oxygens (including phenoxy) is 1. The van der Waals surface area contributed by atoms with Crippen LogP contribution in [0.2, 0.25) is 0 Å². The average molecular weight is 439 g/mol. The molecule has 1 aromatic rings. The first kappa shape index (κ1) is 22.1. The lowest BCUT2D eigenvalue weighted by Gasteiger charge is -2.59. The predicted molar refractivity (Wildman–Crippen MR) is 96.6 cm³/mol.